The molecule has 0 bridgehead atoms. The van der Waals surface area contributed by atoms with E-state index in [1.165, 1.54) is 12.4 Å². The summed E-state index contributed by atoms with van der Waals surface area (Å²) in [6.07, 6.45) is 2.65. The Kier molecular flexibility index (Phi) is 3.25. The molecule has 13 heavy (non-hydrogen) atoms. The third-order valence-corrected chi connectivity index (χ3v) is 1.56. The molecule has 1 heterocycles. The van der Waals surface area contributed by atoms with Gasteiger partial charge in [0.05, 0.1) is 0 Å². The highest BCUT2D eigenvalue weighted by atomic mass is 19.3. The summed E-state index contributed by atoms with van der Waals surface area (Å²) in [6, 6.07) is 1.62. The van der Waals surface area contributed by atoms with Crippen molar-refractivity contribution in [1.82, 2.24) is 9.97 Å². The number of aliphatic hydroxyl groups is 1. The Bertz CT molecular complexity index is 254. The number of hydrogen-bond acceptors (Lipinski definition) is 3. The van der Waals surface area contributed by atoms with Gasteiger partial charge in [-0.2, -0.15) is 0 Å². The first-order chi connectivity index (χ1) is 6.14. The second kappa shape index (κ2) is 4.23. The van der Waals surface area contributed by atoms with E-state index in [-0.39, 0.29) is 6.42 Å². The summed E-state index contributed by atoms with van der Waals surface area (Å²) in [6.45, 7) is -1.13. The molecule has 0 radical (unpaired) electrons. The maximum absolute atomic E-state index is 12.5. The molecule has 0 saturated heterocycles. The van der Waals surface area contributed by atoms with E-state index in [2.05, 4.69) is 9.97 Å². The third kappa shape index (κ3) is 3.42. The van der Waals surface area contributed by atoms with Crippen molar-refractivity contribution in [1.29, 1.82) is 0 Å². The molecule has 72 valence electrons. The molecule has 0 aromatic carbocycles. The number of aliphatic hydroxyl groups excluding tert-OH is 1. The molecular weight excluding hydrogens is 178 g/mol. The van der Waals surface area contributed by atoms with Gasteiger partial charge in [-0.1, -0.05) is 0 Å². The molecule has 0 saturated carbocycles. The molecule has 0 spiro atoms. The van der Waals surface area contributed by atoms with Crippen LogP contribution in [0.15, 0.2) is 18.5 Å². The average molecular weight is 188 g/mol. The van der Waals surface area contributed by atoms with Crippen LogP contribution in [0.3, 0.4) is 0 Å². The molecule has 1 rings (SSSR count). The molecule has 3 nitrogen and oxygen atoms in total. The predicted octanol–water partition coefficient (Wildman–Crippen LogP) is 1.04. The topological polar surface area (TPSA) is 46.0 Å². The lowest BCUT2D eigenvalue weighted by molar-refractivity contribution is -0.0561. The van der Waals surface area contributed by atoms with E-state index < -0.39 is 19.0 Å². The normalized spacial score (nSPS) is 11.6. The highest BCUT2D eigenvalue weighted by Crippen LogP contribution is 2.18. The summed E-state index contributed by atoms with van der Waals surface area (Å²) in [4.78, 5) is 7.58. The molecule has 0 amide bonds. The smallest absolute Gasteiger partial charge is 0.271 e. The molecule has 0 aliphatic rings. The zero-order valence-electron chi connectivity index (χ0n) is 6.95. The van der Waals surface area contributed by atoms with Crippen molar-refractivity contribution >= 4 is 0 Å². The average Bonchev–Trinajstić information content (AvgIpc) is 2.17. The molecule has 1 aromatic heterocycles. The molecule has 5 heteroatoms. The van der Waals surface area contributed by atoms with Crippen LogP contribution in [-0.2, 0) is 6.42 Å². The fourth-order valence-electron chi connectivity index (χ4n) is 0.833. The van der Waals surface area contributed by atoms with Gasteiger partial charge in [-0.15, -0.1) is 0 Å². The fourth-order valence-corrected chi connectivity index (χ4v) is 0.833. The Morgan fingerprint density at radius 1 is 1.31 bits per heavy atom. The van der Waals surface area contributed by atoms with Gasteiger partial charge in [0, 0.05) is 25.2 Å². The summed E-state index contributed by atoms with van der Waals surface area (Å²) < 4.78 is 25.1. The van der Waals surface area contributed by atoms with E-state index >= 15 is 0 Å². The van der Waals surface area contributed by atoms with Crippen LogP contribution in [0.1, 0.15) is 12.2 Å². The molecular formula is C8H10F2N2O. The van der Waals surface area contributed by atoms with Crippen LogP contribution in [0.4, 0.5) is 8.78 Å². The second-order valence-electron chi connectivity index (χ2n) is 2.68. The van der Waals surface area contributed by atoms with Crippen molar-refractivity contribution < 1.29 is 13.9 Å². The monoisotopic (exact) mass is 188 g/mol. The van der Waals surface area contributed by atoms with Crippen molar-refractivity contribution in [3.05, 3.63) is 24.3 Å². The maximum atomic E-state index is 12.5. The highest BCUT2D eigenvalue weighted by molar-refractivity contribution is 4.89. The van der Waals surface area contributed by atoms with Crippen LogP contribution in [0.5, 0.6) is 0 Å². The van der Waals surface area contributed by atoms with E-state index in [1.807, 2.05) is 0 Å². The molecule has 0 fully saturated rings. The molecule has 1 aromatic rings. The van der Waals surface area contributed by atoms with Crippen molar-refractivity contribution in [2.75, 3.05) is 6.61 Å². The van der Waals surface area contributed by atoms with Gasteiger partial charge < -0.3 is 5.11 Å². The molecule has 1 N–H and O–H groups in total. The van der Waals surface area contributed by atoms with Gasteiger partial charge in [-0.3, -0.25) is 0 Å². The van der Waals surface area contributed by atoms with E-state index in [0.717, 1.165) is 0 Å². The van der Waals surface area contributed by atoms with E-state index in [0.29, 0.717) is 5.82 Å². The minimum Gasteiger partial charge on any atom is -0.390 e. The van der Waals surface area contributed by atoms with Crippen molar-refractivity contribution in [3.8, 4) is 0 Å². The van der Waals surface area contributed by atoms with Gasteiger partial charge in [0.2, 0.25) is 0 Å². The number of aromatic nitrogens is 2. The lowest BCUT2D eigenvalue weighted by Crippen LogP contribution is -2.22. The molecule has 0 aliphatic heterocycles. The first kappa shape index (κ1) is 9.98. The molecule has 0 aliphatic carbocycles. The molecule has 0 atom stereocenters. The summed E-state index contributed by atoms with van der Waals surface area (Å²) in [5.74, 6) is -2.66. The number of hydrogen-bond donors (Lipinski definition) is 1. The Morgan fingerprint density at radius 2 is 1.92 bits per heavy atom. The van der Waals surface area contributed by atoms with E-state index in [1.54, 1.807) is 6.07 Å². The van der Waals surface area contributed by atoms with Crippen molar-refractivity contribution in [2.45, 2.75) is 18.8 Å². The van der Waals surface area contributed by atoms with E-state index in [4.69, 9.17) is 5.11 Å². The van der Waals surface area contributed by atoms with Crippen LogP contribution < -0.4 is 0 Å². The second-order valence-corrected chi connectivity index (χ2v) is 2.68. The zero-order valence-corrected chi connectivity index (χ0v) is 6.95. The summed E-state index contributed by atoms with van der Waals surface area (Å²) >= 11 is 0. The van der Waals surface area contributed by atoms with Crippen molar-refractivity contribution in [2.24, 2.45) is 0 Å². The first-order valence-electron chi connectivity index (χ1n) is 3.89. The van der Waals surface area contributed by atoms with Crippen LogP contribution in [0, 0.1) is 0 Å². The fraction of sp³-hybridized carbons (Fsp3) is 0.500. The summed E-state index contributed by atoms with van der Waals surface area (Å²) in [7, 11) is 0. The largest absolute Gasteiger partial charge is 0.390 e. The quantitative estimate of drug-likeness (QED) is 0.767. The van der Waals surface area contributed by atoms with Crippen molar-refractivity contribution in [3.63, 3.8) is 0 Å². The first-order valence-corrected chi connectivity index (χ1v) is 3.89. The summed E-state index contributed by atoms with van der Waals surface area (Å²) in [5, 5.41) is 8.28. The Balaban J connectivity index is 2.44. The van der Waals surface area contributed by atoms with E-state index in [9.17, 15) is 8.78 Å². The van der Waals surface area contributed by atoms with Gasteiger partial charge in [-0.05, 0) is 6.07 Å². The predicted molar refractivity (Wildman–Crippen MR) is 42.4 cm³/mol. The Labute approximate surface area is 74.5 Å². The standard InChI is InChI=1S/C8H10F2N2O/c9-8(10,6-13)3-2-7-11-4-1-5-12-7/h1,4-5,13H,2-3,6H2. The van der Waals surface area contributed by atoms with Gasteiger partial charge in [0.1, 0.15) is 12.4 Å². The van der Waals surface area contributed by atoms with Gasteiger partial charge in [-0.25, -0.2) is 18.7 Å². The van der Waals surface area contributed by atoms with Crippen LogP contribution in [0.2, 0.25) is 0 Å². The zero-order chi connectivity index (χ0) is 9.73. The minimum absolute atomic E-state index is 0.0778. The van der Waals surface area contributed by atoms with Crippen LogP contribution in [-0.4, -0.2) is 27.6 Å². The third-order valence-electron chi connectivity index (χ3n) is 1.56. The number of nitrogens with zero attached hydrogens (tertiary/aromatic N) is 2. The number of rotatable bonds is 4. The van der Waals surface area contributed by atoms with Crippen LogP contribution in [0.25, 0.3) is 0 Å². The molecule has 0 unspecified atom stereocenters. The van der Waals surface area contributed by atoms with Gasteiger partial charge >= 0.3 is 0 Å². The van der Waals surface area contributed by atoms with Gasteiger partial charge in [0.25, 0.3) is 5.92 Å². The highest BCUT2D eigenvalue weighted by Gasteiger charge is 2.27. The number of alkyl halides is 2. The summed E-state index contributed by atoms with van der Waals surface area (Å²) in [5.41, 5.74) is 0. The lowest BCUT2D eigenvalue weighted by Gasteiger charge is -2.11. The SMILES string of the molecule is OCC(F)(F)CCc1ncccn1. The lowest BCUT2D eigenvalue weighted by atomic mass is 10.2. The number of halogens is 2. The Hall–Kier alpha value is -1.10. The van der Waals surface area contributed by atoms with Gasteiger partial charge in [0.15, 0.2) is 0 Å². The van der Waals surface area contributed by atoms with Crippen LogP contribution >= 0.6 is 0 Å². The Morgan fingerprint density at radius 3 is 2.46 bits per heavy atom. The number of aryl methyl sites for hydroxylation is 1. The maximum Gasteiger partial charge on any atom is 0.271 e. The minimum atomic E-state index is -3.03.